The molecule has 0 saturated heterocycles. The van der Waals surface area contributed by atoms with Crippen LogP contribution in [0.1, 0.15) is 143 Å². The summed E-state index contributed by atoms with van der Waals surface area (Å²) in [5.74, 6) is 7.56. The maximum Gasteiger partial charge on any atom is -0.0266 e. The summed E-state index contributed by atoms with van der Waals surface area (Å²) in [6, 6.07) is 0. The van der Waals surface area contributed by atoms with Crippen LogP contribution < -0.4 is 0 Å². The predicted molar refractivity (Wildman–Crippen MR) is 134 cm³/mol. The highest BCUT2D eigenvalue weighted by molar-refractivity contribution is 5.08. The van der Waals surface area contributed by atoms with Gasteiger partial charge in [-0.25, -0.2) is 0 Å². The number of fused-ring (bicyclic) bond motifs is 5. The summed E-state index contributed by atoms with van der Waals surface area (Å²) >= 11 is 0. The van der Waals surface area contributed by atoms with Gasteiger partial charge in [0.25, 0.3) is 0 Å². The van der Waals surface area contributed by atoms with Gasteiger partial charge in [-0.2, -0.15) is 0 Å². The van der Waals surface area contributed by atoms with Crippen molar-refractivity contribution in [3.8, 4) is 0 Å². The van der Waals surface area contributed by atoms with E-state index >= 15 is 0 Å². The Morgan fingerprint density at radius 2 is 1.35 bits per heavy atom. The van der Waals surface area contributed by atoms with E-state index < -0.39 is 0 Å². The molecule has 0 heterocycles. The standard InChI is InChI=1S/C31H54/c1-4-8-23-12-14-24(15-13-23)9-7-11-26-17-19-28-27-18-16-25-10-5-6-21-30(25,2)29(27)20-22-31(26,28)3/h23-29H,4-22H2,1-3H3. The van der Waals surface area contributed by atoms with Crippen LogP contribution in [0.4, 0.5) is 0 Å². The van der Waals surface area contributed by atoms with Gasteiger partial charge >= 0.3 is 0 Å². The van der Waals surface area contributed by atoms with Gasteiger partial charge in [0.05, 0.1) is 0 Å². The van der Waals surface area contributed by atoms with Gasteiger partial charge in [0.2, 0.25) is 0 Å². The smallest absolute Gasteiger partial charge is 0.0266 e. The first-order valence-corrected chi connectivity index (χ1v) is 15.0. The molecule has 7 unspecified atom stereocenters. The minimum absolute atomic E-state index is 0.706. The van der Waals surface area contributed by atoms with Crippen molar-refractivity contribution >= 4 is 0 Å². The average Bonchev–Trinajstić information content (AvgIpc) is 3.11. The van der Waals surface area contributed by atoms with Crippen LogP contribution in [-0.4, -0.2) is 0 Å². The molecule has 31 heavy (non-hydrogen) atoms. The van der Waals surface area contributed by atoms with E-state index in [1.165, 1.54) is 25.7 Å². The van der Waals surface area contributed by atoms with E-state index in [0.717, 1.165) is 46.8 Å². The fourth-order valence-corrected chi connectivity index (χ4v) is 10.7. The highest BCUT2D eigenvalue weighted by atomic mass is 14.6. The Morgan fingerprint density at radius 3 is 2.13 bits per heavy atom. The fraction of sp³-hybridized carbons (Fsp3) is 1.00. The summed E-state index contributed by atoms with van der Waals surface area (Å²) < 4.78 is 0. The molecule has 5 aliphatic rings. The van der Waals surface area contributed by atoms with Crippen molar-refractivity contribution in [3.05, 3.63) is 0 Å². The molecule has 0 aromatic carbocycles. The van der Waals surface area contributed by atoms with E-state index in [1.54, 1.807) is 96.3 Å². The molecule has 5 rings (SSSR count). The van der Waals surface area contributed by atoms with Gasteiger partial charge in [-0.1, -0.05) is 85.0 Å². The molecule has 7 atom stereocenters. The number of hydrogen-bond acceptors (Lipinski definition) is 0. The average molecular weight is 427 g/mol. The third-order valence-corrected chi connectivity index (χ3v) is 12.6. The lowest BCUT2D eigenvalue weighted by molar-refractivity contribution is -0.111. The predicted octanol–water partition coefficient (Wildman–Crippen LogP) is 9.81. The van der Waals surface area contributed by atoms with Crippen molar-refractivity contribution in [1.82, 2.24) is 0 Å². The molecule has 0 heteroatoms. The first-order valence-electron chi connectivity index (χ1n) is 15.0. The molecule has 0 aromatic heterocycles. The summed E-state index contributed by atoms with van der Waals surface area (Å²) in [5, 5.41) is 0. The van der Waals surface area contributed by atoms with Crippen LogP contribution in [0.25, 0.3) is 0 Å². The van der Waals surface area contributed by atoms with Gasteiger partial charge in [0, 0.05) is 0 Å². The second kappa shape index (κ2) is 9.33. The minimum atomic E-state index is 0.706. The van der Waals surface area contributed by atoms with Crippen molar-refractivity contribution in [2.75, 3.05) is 0 Å². The molecule has 0 aromatic rings. The Kier molecular flexibility index (Phi) is 6.86. The van der Waals surface area contributed by atoms with Crippen LogP contribution in [0.15, 0.2) is 0 Å². The molecule has 0 spiro atoms. The lowest BCUT2D eigenvalue weighted by Gasteiger charge is -2.60. The Bertz CT molecular complexity index is 585. The van der Waals surface area contributed by atoms with Crippen LogP contribution in [0.3, 0.4) is 0 Å². The zero-order valence-electron chi connectivity index (χ0n) is 21.5. The highest BCUT2D eigenvalue weighted by Crippen LogP contribution is 2.67. The van der Waals surface area contributed by atoms with Crippen molar-refractivity contribution in [1.29, 1.82) is 0 Å². The zero-order valence-corrected chi connectivity index (χ0v) is 21.5. The molecule has 0 aliphatic heterocycles. The summed E-state index contributed by atoms with van der Waals surface area (Å²) in [7, 11) is 0. The molecule has 0 nitrogen and oxygen atoms in total. The Labute approximate surface area is 195 Å². The van der Waals surface area contributed by atoms with E-state index in [1.807, 2.05) is 0 Å². The van der Waals surface area contributed by atoms with Crippen LogP contribution >= 0.6 is 0 Å². The SMILES string of the molecule is CCCC1CCC(CCCC2CCC3C4CCC5CCCCC5(C)C4CCC23C)CC1. The topological polar surface area (TPSA) is 0 Å². The normalized spacial score (nSPS) is 49.8. The fourth-order valence-electron chi connectivity index (χ4n) is 10.7. The monoisotopic (exact) mass is 426 g/mol. The molecule has 178 valence electrons. The highest BCUT2D eigenvalue weighted by Gasteiger charge is 2.59. The third kappa shape index (κ3) is 4.18. The van der Waals surface area contributed by atoms with Gasteiger partial charge in [0.15, 0.2) is 0 Å². The van der Waals surface area contributed by atoms with Crippen molar-refractivity contribution < 1.29 is 0 Å². The Morgan fingerprint density at radius 1 is 0.613 bits per heavy atom. The molecular weight excluding hydrogens is 372 g/mol. The Balaban J connectivity index is 1.15. The lowest BCUT2D eigenvalue weighted by Crippen LogP contribution is -2.52. The molecule has 0 radical (unpaired) electrons. The second-order valence-corrected chi connectivity index (χ2v) is 13.8. The van der Waals surface area contributed by atoms with E-state index in [4.69, 9.17) is 0 Å². The summed E-state index contributed by atoms with van der Waals surface area (Å²) in [6.07, 6.45) is 29.5. The largest absolute Gasteiger partial charge is 0.0654 e. The van der Waals surface area contributed by atoms with Crippen LogP contribution in [0, 0.1) is 52.3 Å². The van der Waals surface area contributed by atoms with Gasteiger partial charge in [-0.3, -0.25) is 0 Å². The van der Waals surface area contributed by atoms with Gasteiger partial charge in [0.1, 0.15) is 0 Å². The number of hydrogen-bond donors (Lipinski definition) is 0. The Hall–Kier alpha value is 0. The lowest BCUT2D eigenvalue weighted by atomic mass is 9.45. The van der Waals surface area contributed by atoms with E-state index in [9.17, 15) is 0 Å². The molecule has 0 bridgehead atoms. The quantitative estimate of drug-likeness (QED) is 0.396. The zero-order chi connectivity index (χ0) is 21.5. The van der Waals surface area contributed by atoms with Crippen LogP contribution in [0.2, 0.25) is 0 Å². The number of rotatable bonds is 6. The first kappa shape index (κ1) is 22.8. The van der Waals surface area contributed by atoms with Gasteiger partial charge < -0.3 is 0 Å². The minimum Gasteiger partial charge on any atom is -0.0654 e. The van der Waals surface area contributed by atoms with Gasteiger partial charge in [-0.05, 0) is 110 Å². The van der Waals surface area contributed by atoms with E-state index in [0.29, 0.717) is 5.41 Å². The second-order valence-electron chi connectivity index (χ2n) is 13.8. The molecule has 5 saturated carbocycles. The van der Waals surface area contributed by atoms with E-state index in [2.05, 4.69) is 20.8 Å². The van der Waals surface area contributed by atoms with Crippen molar-refractivity contribution in [2.45, 2.75) is 143 Å². The summed E-state index contributed by atoms with van der Waals surface area (Å²) in [6.45, 7) is 7.89. The first-order chi connectivity index (χ1) is 15.0. The van der Waals surface area contributed by atoms with Crippen molar-refractivity contribution in [2.24, 2.45) is 52.3 Å². The third-order valence-electron chi connectivity index (χ3n) is 12.6. The molecule has 5 fully saturated rings. The molecular formula is C31H54. The maximum atomic E-state index is 2.77. The van der Waals surface area contributed by atoms with Crippen LogP contribution in [-0.2, 0) is 0 Å². The van der Waals surface area contributed by atoms with Gasteiger partial charge in [-0.15, -0.1) is 0 Å². The molecule has 5 aliphatic carbocycles. The van der Waals surface area contributed by atoms with E-state index in [-0.39, 0.29) is 0 Å². The molecule has 0 N–H and O–H groups in total. The summed E-state index contributed by atoms with van der Waals surface area (Å²) in [5.41, 5.74) is 1.43. The maximum absolute atomic E-state index is 2.77. The summed E-state index contributed by atoms with van der Waals surface area (Å²) in [4.78, 5) is 0. The van der Waals surface area contributed by atoms with Crippen molar-refractivity contribution in [3.63, 3.8) is 0 Å². The van der Waals surface area contributed by atoms with Crippen LogP contribution in [0.5, 0.6) is 0 Å². The molecule has 0 amide bonds.